The largest absolute Gasteiger partial charge is 0.493 e. The zero-order valence-electron chi connectivity index (χ0n) is 15.2. The number of hydrogen-bond acceptors (Lipinski definition) is 5. The van der Waals surface area contributed by atoms with E-state index in [4.69, 9.17) is 9.47 Å². The van der Waals surface area contributed by atoms with Gasteiger partial charge in [0.1, 0.15) is 12.7 Å². The molecule has 0 saturated heterocycles. The van der Waals surface area contributed by atoms with Gasteiger partial charge < -0.3 is 14.8 Å². The molecular weight excluding hydrogens is 344 g/mol. The molecule has 0 radical (unpaired) electrons. The number of fused-ring (bicyclic) bond motifs is 1. The number of carbonyl (C=O) groups excluding carboxylic acids is 1. The van der Waals surface area contributed by atoms with E-state index in [0.717, 1.165) is 24.1 Å². The topological polar surface area (TPSA) is 78.3 Å². The highest BCUT2D eigenvalue weighted by molar-refractivity contribution is 5.98. The van der Waals surface area contributed by atoms with Crippen LogP contribution in [0.1, 0.15) is 33.9 Å². The minimum absolute atomic E-state index is 0.0683. The Labute approximate surface area is 156 Å². The van der Waals surface area contributed by atoms with Crippen LogP contribution in [0.2, 0.25) is 0 Å². The van der Waals surface area contributed by atoms with Crippen molar-refractivity contribution in [3.63, 3.8) is 0 Å². The molecule has 7 nitrogen and oxygen atoms in total. The van der Waals surface area contributed by atoms with Crippen LogP contribution >= 0.6 is 0 Å². The highest BCUT2D eigenvalue weighted by Crippen LogP contribution is 2.39. The summed E-state index contributed by atoms with van der Waals surface area (Å²) in [5, 5.41) is 10.8. The lowest BCUT2D eigenvalue weighted by Crippen LogP contribution is -2.28. The van der Waals surface area contributed by atoms with Crippen LogP contribution in [0.4, 0.5) is 0 Å². The average molecular weight is 364 g/mol. The lowest BCUT2D eigenvalue weighted by Gasteiger charge is -2.17. The summed E-state index contributed by atoms with van der Waals surface area (Å²) in [6.07, 6.45) is 4.88. The van der Waals surface area contributed by atoms with Crippen molar-refractivity contribution in [3.8, 4) is 17.2 Å². The molecule has 0 spiro atoms. The van der Waals surface area contributed by atoms with Crippen molar-refractivity contribution in [1.29, 1.82) is 0 Å². The molecule has 0 saturated carbocycles. The minimum Gasteiger partial charge on any atom is -0.493 e. The SMILES string of the molecule is COc1cc2c(cc1OC)[C@H](NC(=O)c1ccccc1-n1cnnc1)CC2. The number of benzene rings is 2. The number of ether oxygens (including phenoxy) is 2. The Morgan fingerprint density at radius 2 is 1.81 bits per heavy atom. The van der Waals surface area contributed by atoms with Crippen molar-refractivity contribution in [2.75, 3.05) is 14.2 Å². The zero-order valence-corrected chi connectivity index (χ0v) is 15.2. The zero-order chi connectivity index (χ0) is 18.8. The van der Waals surface area contributed by atoms with Crippen LogP contribution in [0.25, 0.3) is 5.69 Å². The fourth-order valence-corrected chi connectivity index (χ4v) is 3.53. The number of carbonyl (C=O) groups is 1. The molecule has 27 heavy (non-hydrogen) atoms. The van der Waals surface area contributed by atoms with Crippen molar-refractivity contribution in [1.82, 2.24) is 20.1 Å². The van der Waals surface area contributed by atoms with Gasteiger partial charge in [0.25, 0.3) is 5.91 Å². The molecule has 0 bridgehead atoms. The number of amides is 1. The summed E-state index contributed by atoms with van der Waals surface area (Å²) in [5.41, 5.74) is 3.56. The quantitative estimate of drug-likeness (QED) is 0.753. The van der Waals surface area contributed by atoms with Crippen molar-refractivity contribution >= 4 is 5.91 Å². The first-order valence-corrected chi connectivity index (χ1v) is 8.71. The second-order valence-corrected chi connectivity index (χ2v) is 6.36. The molecule has 7 heteroatoms. The van der Waals surface area contributed by atoms with E-state index in [-0.39, 0.29) is 11.9 Å². The van der Waals surface area contributed by atoms with Crippen LogP contribution < -0.4 is 14.8 Å². The molecular formula is C20H20N4O3. The third-order valence-electron chi connectivity index (χ3n) is 4.87. The first kappa shape index (κ1) is 17.1. The highest BCUT2D eigenvalue weighted by atomic mass is 16.5. The van der Waals surface area contributed by atoms with Gasteiger partial charge in [-0.15, -0.1) is 10.2 Å². The maximum absolute atomic E-state index is 13.0. The molecule has 1 aromatic heterocycles. The fraction of sp³-hybridized carbons (Fsp3) is 0.250. The Hall–Kier alpha value is -3.35. The Kier molecular flexibility index (Phi) is 4.50. The number of rotatable bonds is 5. The molecule has 0 aliphatic heterocycles. The van der Waals surface area contributed by atoms with E-state index >= 15 is 0 Å². The van der Waals surface area contributed by atoms with Crippen LogP contribution in [0, 0.1) is 0 Å². The summed E-state index contributed by atoms with van der Waals surface area (Å²) < 4.78 is 12.5. The standard InChI is InChI=1S/C20H20N4O3/c1-26-18-9-13-7-8-16(15(13)10-19(18)27-2)23-20(25)14-5-3-4-6-17(14)24-11-21-22-12-24/h3-6,9-12,16H,7-8H2,1-2H3,(H,23,25)/t16-/m1/s1. The third kappa shape index (κ3) is 3.12. The molecule has 1 heterocycles. The van der Waals surface area contributed by atoms with Gasteiger partial charge in [-0.1, -0.05) is 12.1 Å². The first-order chi connectivity index (χ1) is 13.2. The van der Waals surface area contributed by atoms with Gasteiger partial charge in [-0.25, -0.2) is 0 Å². The Balaban J connectivity index is 1.62. The monoisotopic (exact) mass is 364 g/mol. The van der Waals surface area contributed by atoms with Gasteiger partial charge >= 0.3 is 0 Å². The van der Waals surface area contributed by atoms with E-state index in [9.17, 15) is 4.79 Å². The van der Waals surface area contributed by atoms with E-state index in [2.05, 4.69) is 15.5 Å². The van der Waals surface area contributed by atoms with Gasteiger partial charge in [0, 0.05) is 0 Å². The van der Waals surface area contributed by atoms with Gasteiger partial charge in [-0.05, 0) is 48.2 Å². The van der Waals surface area contributed by atoms with E-state index < -0.39 is 0 Å². The lowest BCUT2D eigenvalue weighted by molar-refractivity contribution is 0.0936. The summed E-state index contributed by atoms with van der Waals surface area (Å²) in [6, 6.07) is 11.3. The van der Waals surface area contributed by atoms with Gasteiger partial charge in [0.15, 0.2) is 11.5 Å². The number of aromatic nitrogens is 3. The van der Waals surface area contributed by atoms with Gasteiger partial charge in [-0.3, -0.25) is 9.36 Å². The van der Waals surface area contributed by atoms with Crippen molar-refractivity contribution in [2.45, 2.75) is 18.9 Å². The smallest absolute Gasteiger partial charge is 0.253 e. The number of nitrogens with one attached hydrogen (secondary N) is 1. The summed E-state index contributed by atoms with van der Waals surface area (Å²) in [4.78, 5) is 13.0. The summed E-state index contributed by atoms with van der Waals surface area (Å²) in [6.45, 7) is 0. The van der Waals surface area contributed by atoms with Crippen LogP contribution in [-0.2, 0) is 6.42 Å². The molecule has 2 aromatic carbocycles. The Morgan fingerprint density at radius 3 is 2.56 bits per heavy atom. The minimum atomic E-state index is -0.132. The van der Waals surface area contributed by atoms with Gasteiger partial charge in [0.05, 0.1) is 31.5 Å². The predicted molar refractivity (Wildman–Crippen MR) is 99.4 cm³/mol. The van der Waals surface area contributed by atoms with Crippen LogP contribution in [0.3, 0.4) is 0 Å². The molecule has 4 rings (SSSR count). The van der Waals surface area contributed by atoms with Crippen LogP contribution in [-0.4, -0.2) is 34.9 Å². The molecule has 3 aromatic rings. The normalized spacial score (nSPS) is 15.3. The molecule has 1 aliphatic carbocycles. The molecule has 1 aliphatic rings. The van der Waals surface area contributed by atoms with Crippen LogP contribution in [0.5, 0.6) is 11.5 Å². The van der Waals surface area contributed by atoms with Crippen molar-refractivity contribution < 1.29 is 14.3 Å². The van der Waals surface area contributed by atoms with Crippen molar-refractivity contribution in [2.24, 2.45) is 0 Å². The Bertz CT molecular complexity index is 969. The number of hydrogen-bond donors (Lipinski definition) is 1. The fourth-order valence-electron chi connectivity index (χ4n) is 3.53. The van der Waals surface area contributed by atoms with E-state index in [0.29, 0.717) is 17.1 Å². The summed E-state index contributed by atoms with van der Waals surface area (Å²) in [5.74, 6) is 1.25. The first-order valence-electron chi connectivity index (χ1n) is 8.71. The summed E-state index contributed by atoms with van der Waals surface area (Å²) >= 11 is 0. The Morgan fingerprint density at radius 1 is 1.11 bits per heavy atom. The van der Waals surface area contributed by atoms with Gasteiger partial charge in [-0.2, -0.15) is 0 Å². The van der Waals surface area contributed by atoms with Gasteiger partial charge in [0.2, 0.25) is 0 Å². The third-order valence-corrected chi connectivity index (χ3v) is 4.87. The van der Waals surface area contributed by atoms with E-state index in [1.54, 1.807) is 37.5 Å². The molecule has 0 fully saturated rings. The molecule has 1 amide bonds. The lowest BCUT2D eigenvalue weighted by atomic mass is 10.1. The van der Waals surface area contributed by atoms with E-state index in [1.807, 2.05) is 30.3 Å². The van der Waals surface area contributed by atoms with E-state index in [1.165, 1.54) is 5.56 Å². The van der Waals surface area contributed by atoms with Crippen LogP contribution in [0.15, 0.2) is 49.1 Å². The molecule has 138 valence electrons. The molecule has 0 unspecified atom stereocenters. The molecule has 1 N–H and O–H groups in total. The number of para-hydroxylation sites is 1. The number of methoxy groups -OCH3 is 2. The average Bonchev–Trinajstić information content (AvgIpc) is 3.37. The number of aryl methyl sites for hydroxylation is 1. The maximum Gasteiger partial charge on any atom is 0.253 e. The molecule has 1 atom stereocenters. The maximum atomic E-state index is 13.0. The van der Waals surface area contributed by atoms with Crippen molar-refractivity contribution in [3.05, 3.63) is 65.7 Å². The highest BCUT2D eigenvalue weighted by Gasteiger charge is 2.27. The second-order valence-electron chi connectivity index (χ2n) is 6.36. The second kappa shape index (κ2) is 7.11. The predicted octanol–water partition coefficient (Wildman–Crippen LogP) is 2.70. The summed E-state index contributed by atoms with van der Waals surface area (Å²) in [7, 11) is 3.24. The number of nitrogens with zero attached hydrogens (tertiary/aromatic N) is 3.